The van der Waals surface area contributed by atoms with Crippen molar-refractivity contribution >= 4 is 23.6 Å². The maximum Gasteiger partial charge on any atom is 0.243 e. The first-order valence-electron chi connectivity index (χ1n) is 8.46. The first-order valence-corrected chi connectivity index (χ1v) is 9.44. The van der Waals surface area contributed by atoms with Gasteiger partial charge in [-0.15, -0.1) is 11.8 Å². The normalized spacial score (nSPS) is 11.3. The number of thioether (sulfide) groups is 1. The van der Waals surface area contributed by atoms with Crippen LogP contribution in [0.25, 0.3) is 0 Å². The van der Waals surface area contributed by atoms with Crippen molar-refractivity contribution in [3.05, 3.63) is 54.5 Å². The van der Waals surface area contributed by atoms with E-state index in [2.05, 4.69) is 22.4 Å². The molecule has 0 bridgehead atoms. The van der Waals surface area contributed by atoms with Crippen LogP contribution >= 0.6 is 11.8 Å². The molecular formula is C19H26N4O2S. The topological polar surface area (TPSA) is 61.1 Å². The third kappa shape index (κ3) is 6.84. The van der Waals surface area contributed by atoms with Gasteiger partial charge in [-0.05, 0) is 24.3 Å². The van der Waals surface area contributed by atoms with Gasteiger partial charge in [-0.25, -0.2) is 4.99 Å². The highest BCUT2D eigenvalue weighted by molar-refractivity contribution is 7.99. The number of carbonyl (C=O) groups is 1. The van der Waals surface area contributed by atoms with E-state index in [-0.39, 0.29) is 12.5 Å². The molecule has 1 amide bonds. The molecule has 0 radical (unpaired) electrons. The Morgan fingerprint density at radius 1 is 1.15 bits per heavy atom. The number of aliphatic imine (C=N–C) groups is 1. The Kier molecular flexibility index (Phi) is 8.08. The van der Waals surface area contributed by atoms with Crippen molar-refractivity contribution < 1.29 is 9.21 Å². The van der Waals surface area contributed by atoms with Crippen LogP contribution < -0.4 is 5.32 Å². The summed E-state index contributed by atoms with van der Waals surface area (Å²) in [5.41, 5.74) is 0. The lowest BCUT2D eigenvalue weighted by molar-refractivity contribution is -0.127. The van der Waals surface area contributed by atoms with E-state index in [0.717, 1.165) is 18.1 Å². The predicted octanol–water partition coefficient (Wildman–Crippen LogP) is 2.54. The third-order valence-electron chi connectivity index (χ3n) is 3.59. The van der Waals surface area contributed by atoms with Crippen molar-refractivity contribution in [2.24, 2.45) is 4.99 Å². The molecule has 0 aliphatic rings. The van der Waals surface area contributed by atoms with Crippen molar-refractivity contribution in [3.8, 4) is 0 Å². The summed E-state index contributed by atoms with van der Waals surface area (Å²) in [6.45, 7) is 1.45. The Balaban J connectivity index is 1.90. The summed E-state index contributed by atoms with van der Waals surface area (Å²) < 4.78 is 5.40. The molecule has 140 valence electrons. The standard InChI is InChI=1S/C19H26N4O2S/c1-22(2)18(24)14-21-19(23(3)15-16-8-7-12-25-16)20-11-13-26-17-9-5-4-6-10-17/h4-10,12H,11,13-15H2,1-3H3,(H,20,21). The second-order valence-electron chi connectivity index (χ2n) is 5.95. The fourth-order valence-electron chi connectivity index (χ4n) is 2.16. The van der Waals surface area contributed by atoms with Crippen LogP contribution in [-0.2, 0) is 11.3 Å². The summed E-state index contributed by atoms with van der Waals surface area (Å²) in [7, 11) is 5.39. The molecule has 0 spiro atoms. The first-order chi connectivity index (χ1) is 12.6. The Bertz CT molecular complexity index is 687. The summed E-state index contributed by atoms with van der Waals surface area (Å²) in [6.07, 6.45) is 1.65. The molecule has 1 heterocycles. The summed E-state index contributed by atoms with van der Waals surface area (Å²) in [5.74, 6) is 2.40. The van der Waals surface area contributed by atoms with Crippen molar-refractivity contribution in [2.75, 3.05) is 40.0 Å². The number of rotatable bonds is 8. The van der Waals surface area contributed by atoms with E-state index < -0.39 is 0 Å². The minimum atomic E-state index is -0.0330. The van der Waals surface area contributed by atoms with Crippen molar-refractivity contribution in [1.29, 1.82) is 0 Å². The molecule has 0 atom stereocenters. The van der Waals surface area contributed by atoms with Gasteiger partial charge in [0.25, 0.3) is 0 Å². The summed E-state index contributed by atoms with van der Waals surface area (Å²) in [6, 6.07) is 14.1. The largest absolute Gasteiger partial charge is 0.467 e. The fourth-order valence-corrected chi connectivity index (χ4v) is 2.94. The van der Waals surface area contributed by atoms with Gasteiger partial charge in [-0.1, -0.05) is 18.2 Å². The zero-order valence-corrected chi connectivity index (χ0v) is 16.3. The van der Waals surface area contributed by atoms with Gasteiger partial charge in [0.15, 0.2) is 5.96 Å². The zero-order chi connectivity index (χ0) is 18.8. The quantitative estimate of drug-likeness (QED) is 0.333. The third-order valence-corrected chi connectivity index (χ3v) is 4.61. The van der Waals surface area contributed by atoms with Crippen molar-refractivity contribution in [1.82, 2.24) is 15.1 Å². The molecule has 1 aromatic heterocycles. The number of amides is 1. The van der Waals surface area contributed by atoms with E-state index in [0.29, 0.717) is 12.5 Å². The molecule has 0 saturated heterocycles. The number of benzene rings is 1. The van der Waals surface area contributed by atoms with E-state index >= 15 is 0 Å². The van der Waals surface area contributed by atoms with Crippen LogP contribution in [0.1, 0.15) is 5.76 Å². The number of carbonyl (C=O) groups excluding carboxylic acids is 1. The van der Waals surface area contributed by atoms with Gasteiger partial charge in [-0.2, -0.15) is 0 Å². The van der Waals surface area contributed by atoms with Gasteiger partial charge in [-0.3, -0.25) is 4.79 Å². The minimum absolute atomic E-state index is 0.0330. The van der Waals surface area contributed by atoms with Crippen molar-refractivity contribution in [3.63, 3.8) is 0 Å². The highest BCUT2D eigenvalue weighted by Crippen LogP contribution is 2.15. The van der Waals surface area contributed by atoms with Crippen LogP contribution in [0.15, 0.2) is 63.0 Å². The Labute approximate surface area is 159 Å². The van der Waals surface area contributed by atoms with E-state index in [1.165, 1.54) is 4.90 Å². The van der Waals surface area contributed by atoms with Gasteiger partial charge in [0.05, 0.1) is 12.8 Å². The van der Waals surface area contributed by atoms with E-state index in [4.69, 9.17) is 4.42 Å². The SMILES string of the molecule is CN(C)C(=O)CN=C(NCCSc1ccccc1)N(C)Cc1ccco1. The van der Waals surface area contributed by atoms with Crippen LogP contribution in [0.3, 0.4) is 0 Å². The second-order valence-corrected chi connectivity index (χ2v) is 7.12. The summed E-state index contributed by atoms with van der Waals surface area (Å²) in [4.78, 5) is 21.0. The van der Waals surface area contributed by atoms with Crippen LogP contribution in [0.4, 0.5) is 0 Å². The lowest BCUT2D eigenvalue weighted by Crippen LogP contribution is -2.40. The molecule has 1 aromatic carbocycles. The zero-order valence-electron chi connectivity index (χ0n) is 15.5. The molecule has 0 saturated carbocycles. The van der Waals surface area contributed by atoms with Crippen LogP contribution in [-0.4, -0.2) is 61.7 Å². The number of hydrogen-bond donors (Lipinski definition) is 1. The summed E-state index contributed by atoms with van der Waals surface area (Å²) >= 11 is 1.78. The number of furan rings is 1. The van der Waals surface area contributed by atoms with E-state index in [9.17, 15) is 4.79 Å². The number of nitrogens with zero attached hydrogens (tertiary/aromatic N) is 3. The van der Waals surface area contributed by atoms with Gasteiger partial charge >= 0.3 is 0 Å². The second kappa shape index (κ2) is 10.6. The lowest BCUT2D eigenvalue weighted by Gasteiger charge is -2.22. The van der Waals surface area contributed by atoms with Crippen molar-refractivity contribution in [2.45, 2.75) is 11.4 Å². The molecule has 0 unspecified atom stereocenters. The van der Waals surface area contributed by atoms with Gasteiger partial charge in [0.1, 0.15) is 12.3 Å². The predicted molar refractivity (Wildman–Crippen MR) is 106 cm³/mol. The van der Waals surface area contributed by atoms with Gasteiger partial charge in [0.2, 0.25) is 5.91 Å². The molecule has 7 heteroatoms. The molecule has 1 N–H and O–H groups in total. The fraction of sp³-hybridized carbons (Fsp3) is 0.368. The highest BCUT2D eigenvalue weighted by atomic mass is 32.2. The molecule has 2 aromatic rings. The van der Waals surface area contributed by atoms with Gasteiger partial charge < -0.3 is 19.5 Å². The number of guanidine groups is 1. The number of nitrogens with one attached hydrogen (secondary N) is 1. The summed E-state index contributed by atoms with van der Waals surface area (Å²) in [5, 5.41) is 3.34. The van der Waals surface area contributed by atoms with Crippen LogP contribution in [0, 0.1) is 0 Å². The molecule has 0 aliphatic carbocycles. The highest BCUT2D eigenvalue weighted by Gasteiger charge is 2.10. The number of likely N-dealkylation sites (N-methyl/N-ethyl adjacent to an activating group) is 1. The molecule has 26 heavy (non-hydrogen) atoms. The molecule has 6 nitrogen and oxygen atoms in total. The molecular weight excluding hydrogens is 348 g/mol. The first kappa shape index (κ1) is 19.9. The van der Waals surface area contributed by atoms with Crippen LogP contribution in [0.5, 0.6) is 0 Å². The van der Waals surface area contributed by atoms with Crippen LogP contribution in [0.2, 0.25) is 0 Å². The molecule has 2 rings (SSSR count). The monoisotopic (exact) mass is 374 g/mol. The Hall–Kier alpha value is -2.41. The molecule has 0 aliphatic heterocycles. The number of hydrogen-bond acceptors (Lipinski definition) is 4. The van der Waals surface area contributed by atoms with E-state index in [1.807, 2.05) is 42.3 Å². The van der Waals surface area contributed by atoms with Gasteiger partial charge in [0, 0.05) is 38.3 Å². The Morgan fingerprint density at radius 2 is 1.92 bits per heavy atom. The maximum atomic E-state index is 11.9. The minimum Gasteiger partial charge on any atom is -0.467 e. The Morgan fingerprint density at radius 3 is 2.58 bits per heavy atom. The van der Waals surface area contributed by atoms with E-state index in [1.54, 1.807) is 37.0 Å². The lowest BCUT2D eigenvalue weighted by atomic mass is 10.4. The smallest absolute Gasteiger partial charge is 0.243 e. The average Bonchev–Trinajstić information content (AvgIpc) is 3.14. The maximum absolute atomic E-state index is 11.9. The molecule has 0 fully saturated rings. The average molecular weight is 375 g/mol.